The highest BCUT2D eigenvalue weighted by Gasteiger charge is 2.33. The molecule has 0 aliphatic carbocycles. The van der Waals surface area contributed by atoms with Gasteiger partial charge in [-0.2, -0.15) is 0 Å². The van der Waals surface area contributed by atoms with Gasteiger partial charge in [-0.3, -0.25) is 9.59 Å². The van der Waals surface area contributed by atoms with Crippen molar-refractivity contribution >= 4 is 17.5 Å². The highest BCUT2D eigenvalue weighted by Crippen LogP contribution is 2.24. The van der Waals surface area contributed by atoms with E-state index >= 15 is 0 Å². The van der Waals surface area contributed by atoms with Gasteiger partial charge in [0.15, 0.2) is 0 Å². The van der Waals surface area contributed by atoms with Crippen molar-refractivity contribution in [1.29, 1.82) is 0 Å². The Morgan fingerprint density at radius 2 is 1.95 bits per heavy atom. The van der Waals surface area contributed by atoms with Gasteiger partial charge in [0.05, 0.1) is 0 Å². The lowest BCUT2D eigenvalue weighted by molar-refractivity contribution is -0.139. The molecule has 0 unspecified atom stereocenters. The van der Waals surface area contributed by atoms with Gasteiger partial charge in [0.25, 0.3) is 0 Å². The van der Waals surface area contributed by atoms with Crippen molar-refractivity contribution < 1.29 is 9.59 Å². The zero-order chi connectivity index (χ0) is 14.2. The van der Waals surface area contributed by atoms with Gasteiger partial charge in [0.1, 0.15) is 6.04 Å². The molecule has 102 valence electrons. The van der Waals surface area contributed by atoms with Crippen molar-refractivity contribution in [3.8, 4) is 0 Å². The SMILES string of the molecule is CC(=O)N1CCN(c2ccc(C)cc2C)C(=O)[C@H]1C. The molecule has 0 aromatic heterocycles. The molecule has 1 aromatic rings. The van der Waals surface area contributed by atoms with Crippen molar-refractivity contribution in [2.75, 3.05) is 18.0 Å². The molecule has 0 N–H and O–H groups in total. The van der Waals surface area contributed by atoms with Crippen LogP contribution in [0.5, 0.6) is 0 Å². The number of carbonyl (C=O) groups excluding carboxylic acids is 2. The van der Waals surface area contributed by atoms with E-state index in [2.05, 4.69) is 6.07 Å². The number of hydrogen-bond donors (Lipinski definition) is 0. The largest absolute Gasteiger partial charge is 0.329 e. The third kappa shape index (κ3) is 2.48. The summed E-state index contributed by atoms with van der Waals surface area (Å²) in [4.78, 5) is 27.3. The molecule has 1 atom stereocenters. The van der Waals surface area contributed by atoms with E-state index in [1.807, 2.05) is 26.0 Å². The summed E-state index contributed by atoms with van der Waals surface area (Å²) in [6.45, 7) is 8.50. The Morgan fingerprint density at radius 3 is 2.53 bits per heavy atom. The zero-order valence-corrected chi connectivity index (χ0v) is 11.9. The molecule has 2 rings (SSSR count). The topological polar surface area (TPSA) is 40.6 Å². The highest BCUT2D eigenvalue weighted by molar-refractivity contribution is 6.00. The first kappa shape index (κ1) is 13.6. The predicted molar refractivity (Wildman–Crippen MR) is 75.1 cm³/mol. The Kier molecular flexibility index (Phi) is 3.60. The lowest BCUT2D eigenvalue weighted by Crippen LogP contribution is -2.57. The Labute approximate surface area is 114 Å². The van der Waals surface area contributed by atoms with Crippen LogP contribution in [-0.4, -0.2) is 35.8 Å². The molecule has 4 nitrogen and oxygen atoms in total. The van der Waals surface area contributed by atoms with Crippen LogP contribution in [0.2, 0.25) is 0 Å². The summed E-state index contributed by atoms with van der Waals surface area (Å²) in [5.74, 6) is -0.0467. The second-order valence-corrected chi connectivity index (χ2v) is 5.17. The quantitative estimate of drug-likeness (QED) is 0.773. The van der Waals surface area contributed by atoms with E-state index in [4.69, 9.17) is 0 Å². The molecular weight excluding hydrogens is 240 g/mol. The number of carbonyl (C=O) groups is 2. The van der Waals surface area contributed by atoms with Crippen LogP contribution in [0.15, 0.2) is 18.2 Å². The summed E-state index contributed by atoms with van der Waals surface area (Å²) in [5, 5.41) is 0. The van der Waals surface area contributed by atoms with E-state index in [1.165, 1.54) is 12.5 Å². The van der Waals surface area contributed by atoms with E-state index in [1.54, 1.807) is 16.7 Å². The third-order valence-corrected chi connectivity index (χ3v) is 3.70. The van der Waals surface area contributed by atoms with Crippen molar-refractivity contribution in [1.82, 2.24) is 4.90 Å². The Balaban J connectivity index is 2.28. The maximum Gasteiger partial charge on any atom is 0.249 e. The standard InChI is InChI=1S/C15H20N2O2/c1-10-5-6-14(11(2)9-10)17-8-7-16(13(4)18)12(3)15(17)19/h5-6,9,12H,7-8H2,1-4H3/t12-/m1/s1. The number of anilines is 1. The second kappa shape index (κ2) is 5.03. The Hall–Kier alpha value is -1.84. The molecule has 0 bridgehead atoms. The molecule has 1 aliphatic heterocycles. The van der Waals surface area contributed by atoms with Crippen molar-refractivity contribution in [2.45, 2.75) is 33.7 Å². The number of rotatable bonds is 1. The van der Waals surface area contributed by atoms with Crippen LogP contribution in [-0.2, 0) is 9.59 Å². The summed E-state index contributed by atoms with van der Waals surface area (Å²) in [5.41, 5.74) is 3.23. The van der Waals surface area contributed by atoms with Crippen LogP contribution < -0.4 is 4.90 Å². The molecule has 4 heteroatoms. The van der Waals surface area contributed by atoms with Crippen LogP contribution >= 0.6 is 0 Å². The second-order valence-electron chi connectivity index (χ2n) is 5.17. The predicted octanol–water partition coefficient (Wildman–Crippen LogP) is 1.89. The normalized spacial score (nSPS) is 19.8. The van der Waals surface area contributed by atoms with Crippen LogP contribution in [0.3, 0.4) is 0 Å². The van der Waals surface area contributed by atoms with Gasteiger partial charge in [0.2, 0.25) is 11.8 Å². The van der Waals surface area contributed by atoms with Crippen LogP contribution in [0.25, 0.3) is 0 Å². The molecule has 0 saturated carbocycles. The monoisotopic (exact) mass is 260 g/mol. The van der Waals surface area contributed by atoms with Gasteiger partial charge in [0, 0.05) is 25.7 Å². The molecule has 19 heavy (non-hydrogen) atoms. The summed E-state index contributed by atoms with van der Waals surface area (Å²) >= 11 is 0. The Morgan fingerprint density at radius 1 is 1.26 bits per heavy atom. The highest BCUT2D eigenvalue weighted by atomic mass is 16.2. The van der Waals surface area contributed by atoms with Crippen LogP contribution in [0.4, 0.5) is 5.69 Å². The van der Waals surface area contributed by atoms with Crippen molar-refractivity contribution in [3.63, 3.8) is 0 Å². The molecule has 1 aliphatic rings. The minimum Gasteiger partial charge on any atom is -0.329 e. The molecule has 1 saturated heterocycles. The third-order valence-electron chi connectivity index (χ3n) is 3.70. The first-order chi connectivity index (χ1) is 8.91. The zero-order valence-electron chi connectivity index (χ0n) is 11.9. The molecule has 0 spiro atoms. The average Bonchev–Trinajstić information content (AvgIpc) is 2.33. The van der Waals surface area contributed by atoms with Gasteiger partial charge in [-0.25, -0.2) is 0 Å². The first-order valence-electron chi connectivity index (χ1n) is 6.57. The van der Waals surface area contributed by atoms with E-state index in [-0.39, 0.29) is 17.9 Å². The van der Waals surface area contributed by atoms with Gasteiger partial charge in [-0.15, -0.1) is 0 Å². The number of piperazine rings is 1. The minimum atomic E-state index is -0.382. The molecule has 1 fully saturated rings. The minimum absolute atomic E-state index is 0.00611. The number of amides is 2. The fraction of sp³-hybridized carbons (Fsp3) is 0.467. The summed E-state index contributed by atoms with van der Waals surface area (Å²) in [6, 6.07) is 5.69. The van der Waals surface area contributed by atoms with Gasteiger partial charge in [-0.1, -0.05) is 17.7 Å². The smallest absolute Gasteiger partial charge is 0.249 e. The summed E-state index contributed by atoms with van der Waals surface area (Å²) in [7, 11) is 0. The lowest BCUT2D eigenvalue weighted by atomic mass is 10.1. The molecule has 2 amide bonds. The maximum atomic E-state index is 12.4. The molecule has 1 aromatic carbocycles. The first-order valence-corrected chi connectivity index (χ1v) is 6.57. The van der Waals surface area contributed by atoms with Crippen molar-refractivity contribution in [3.05, 3.63) is 29.3 Å². The average molecular weight is 260 g/mol. The fourth-order valence-corrected chi connectivity index (χ4v) is 2.65. The number of hydrogen-bond acceptors (Lipinski definition) is 2. The van der Waals surface area contributed by atoms with Crippen LogP contribution in [0.1, 0.15) is 25.0 Å². The van der Waals surface area contributed by atoms with E-state index in [0.717, 1.165) is 11.3 Å². The summed E-state index contributed by atoms with van der Waals surface area (Å²) < 4.78 is 0. The van der Waals surface area contributed by atoms with E-state index in [0.29, 0.717) is 13.1 Å². The molecule has 1 heterocycles. The number of benzene rings is 1. The molecular formula is C15H20N2O2. The van der Waals surface area contributed by atoms with Gasteiger partial charge in [-0.05, 0) is 32.4 Å². The van der Waals surface area contributed by atoms with Crippen molar-refractivity contribution in [2.24, 2.45) is 0 Å². The summed E-state index contributed by atoms with van der Waals surface area (Å²) in [6.07, 6.45) is 0. The molecule has 0 radical (unpaired) electrons. The van der Waals surface area contributed by atoms with Crippen LogP contribution in [0, 0.1) is 13.8 Å². The van der Waals surface area contributed by atoms with Gasteiger partial charge < -0.3 is 9.80 Å². The Bertz CT molecular complexity index is 525. The van der Waals surface area contributed by atoms with Gasteiger partial charge >= 0.3 is 0 Å². The van der Waals surface area contributed by atoms with E-state index < -0.39 is 0 Å². The number of nitrogens with zero attached hydrogens (tertiary/aromatic N) is 2. The van der Waals surface area contributed by atoms with E-state index in [9.17, 15) is 9.59 Å². The number of aryl methyl sites for hydroxylation is 2. The fourth-order valence-electron chi connectivity index (χ4n) is 2.65. The maximum absolute atomic E-state index is 12.4. The lowest BCUT2D eigenvalue weighted by Gasteiger charge is -2.39.